The molecule has 3 aromatic carbocycles. The van der Waals surface area contributed by atoms with Crippen molar-refractivity contribution in [3.05, 3.63) is 83.0 Å². The molecule has 3 aromatic rings. The molecular weight excluding hydrogens is 343 g/mol. The minimum atomic E-state index is -3.89. The Hall–Kier alpha value is -3.08. The van der Waals surface area contributed by atoms with Gasteiger partial charge in [-0.1, -0.05) is 18.2 Å². The summed E-state index contributed by atoms with van der Waals surface area (Å²) in [6, 6.07) is 12.1. The smallest absolute Gasteiger partial charge is 0.238 e. The van der Waals surface area contributed by atoms with E-state index in [1.165, 1.54) is 36.4 Å². The third kappa shape index (κ3) is 3.13. The molecule has 0 amide bonds. The third-order valence-electron chi connectivity index (χ3n) is 3.75. The molecule has 0 unspecified atom stereocenters. The fourth-order valence-electron chi connectivity index (χ4n) is 2.55. The highest BCUT2D eigenvalue weighted by molar-refractivity contribution is 7.89. The van der Waals surface area contributed by atoms with Gasteiger partial charge in [-0.15, -0.1) is 0 Å². The summed E-state index contributed by atoms with van der Waals surface area (Å²) < 4.78 is 36.1. The van der Waals surface area contributed by atoms with E-state index in [-0.39, 0.29) is 21.7 Å². The fraction of sp³-hybridized carbons (Fsp3) is 0. The third-order valence-corrected chi connectivity index (χ3v) is 4.66. The van der Waals surface area contributed by atoms with Gasteiger partial charge < -0.3 is 0 Å². The molecule has 124 valence electrons. The average molecular weight is 354 g/mol. The molecule has 0 aliphatic heterocycles. The highest BCUT2D eigenvalue weighted by Crippen LogP contribution is 2.32. The van der Waals surface area contributed by atoms with E-state index in [2.05, 4.69) is 4.85 Å². The lowest BCUT2D eigenvalue weighted by Crippen LogP contribution is -2.12. The number of benzene rings is 3. The van der Waals surface area contributed by atoms with Gasteiger partial charge in [0.2, 0.25) is 10.0 Å². The zero-order chi connectivity index (χ0) is 18.2. The van der Waals surface area contributed by atoms with Gasteiger partial charge in [-0.05, 0) is 47.2 Å². The second kappa shape index (κ2) is 6.09. The standard InChI is InChI=1S/C18H11FN2O3S/c1-21-16-9-4-12-10-14(25(20,23)24)7-8-15(12)17(16)18(22)11-2-5-13(19)6-3-11/h2-10H,(H2,20,23,24). The Morgan fingerprint density at radius 1 is 1.04 bits per heavy atom. The van der Waals surface area contributed by atoms with Gasteiger partial charge in [0, 0.05) is 11.1 Å². The van der Waals surface area contributed by atoms with Crippen molar-refractivity contribution in [2.75, 3.05) is 0 Å². The molecule has 0 bridgehead atoms. The van der Waals surface area contributed by atoms with Gasteiger partial charge in [0.1, 0.15) is 5.82 Å². The van der Waals surface area contributed by atoms with Crippen LogP contribution in [0, 0.1) is 12.4 Å². The summed E-state index contributed by atoms with van der Waals surface area (Å²) >= 11 is 0. The van der Waals surface area contributed by atoms with Gasteiger partial charge in [0.05, 0.1) is 11.5 Å². The van der Waals surface area contributed by atoms with Crippen LogP contribution in [-0.2, 0) is 10.0 Å². The van der Waals surface area contributed by atoms with Crippen molar-refractivity contribution >= 4 is 32.3 Å². The van der Waals surface area contributed by atoms with E-state index < -0.39 is 21.6 Å². The van der Waals surface area contributed by atoms with Crippen molar-refractivity contribution in [3.8, 4) is 0 Å². The number of halogens is 1. The number of rotatable bonds is 3. The number of primary sulfonamides is 1. The lowest BCUT2D eigenvalue weighted by Gasteiger charge is -2.10. The Morgan fingerprint density at radius 3 is 2.32 bits per heavy atom. The van der Waals surface area contributed by atoms with Crippen LogP contribution >= 0.6 is 0 Å². The van der Waals surface area contributed by atoms with Crippen LogP contribution in [-0.4, -0.2) is 14.2 Å². The molecule has 0 saturated heterocycles. The predicted molar refractivity (Wildman–Crippen MR) is 91.4 cm³/mol. The number of sulfonamides is 1. The first-order valence-electron chi connectivity index (χ1n) is 7.08. The summed E-state index contributed by atoms with van der Waals surface area (Å²) in [7, 11) is -3.89. The van der Waals surface area contributed by atoms with Gasteiger partial charge in [-0.25, -0.2) is 22.8 Å². The van der Waals surface area contributed by atoms with Crippen molar-refractivity contribution in [2.45, 2.75) is 4.90 Å². The van der Waals surface area contributed by atoms with Gasteiger partial charge >= 0.3 is 0 Å². The van der Waals surface area contributed by atoms with Gasteiger partial charge in [0.25, 0.3) is 0 Å². The second-order valence-electron chi connectivity index (χ2n) is 5.34. The largest absolute Gasteiger partial charge is 0.290 e. The molecule has 0 spiro atoms. The Labute approximate surface area is 143 Å². The van der Waals surface area contributed by atoms with Crippen LogP contribution in [0.2, 0.25) is 0 Å². The molecule has 0 heterocycles. The quantitative estimate of drug-likeness (QED) is 0.578. The van der Waals surface area contributed by atoms with Crippen LogP contribution in [0.4, 0.5) is 10.1 Å². The molecule has 0 aromatic heterocycles. The first-order valence-corrected chi connectivity index (χ1v) is 8.63. The van der Waals surface area contributed by atoms with Crippen molar-refractivity contribution < 1.29 is 17.6 Å². The van der Waals surface area contributed by atoms with E-state index in [4.69, 9.17) is 11.7 Å². The molecule has 0 atom stereocenters. The van der Waals surface area contributed by atoms with Crippen LogP contribution in [0.15, 0.2) is 59.5 Å². The molecular formula is C18H11FN2O3S. The van der Waals surface area contributed by atoms with Gasteiger partial charge in [-0.3, -0.25) is 4.79 Å². The zero-order valence-corrected chi connectivity index (χ0v) is 13.5. The summed E-state index contributed by atoms with van der Waals surface area (Å²) in [6.07, 6.45) is 0. The monoisotopic (exact) mass is 354 g/mol. The van der Waals surface area contributed by atoms with Gasteiger partial charge in [-0.2, -0.15) is 0 Å². The first-order chi connectivity index (χ1) is 11.8. The maximum atomic E-state index is 13.1. The molecule has 0 aliphatic rings. The van der Waals surface area contributed by atoms with Crippen LogP contribution in [0.1, 0.15) is 15.9 Å². The SMILES string of the molecule is [C-]#[N+]c1ccc2cc(S(N)(=O)=O)ccc2c1C(=O)c1ccc(F)cc1. The number of ketones is 1. The molecule has 25 heavy (non-hydrogen) atoms. The van der Waals surface area contributed by atoms with E-state index >= 15 is 0 Å². The number of nitrogens with two attached hydrogens (primary N) is 1. The van der Waals surface area contributed by atoms with Crippen LogP contribution in [0.3, 0.4) is 0 Å². The van der Waals surface area contributed by atoms with E-state index in [0.717, 1.165) is 12.1 Å². The molecule has 0 aliphatic carbocycles. The average Bonchev–Trinajstić information content (AvgIpc) is 2.59. The summed E-state index contributed by atoms with van der Waals surface area (Å²) in [5.74, 6) is -0.919. The number of carbonyl (C=O) groups excluding carboxylic acids is 1. The number of carbonyl (C=O) groups is 1. The lowest BCUT2D eigenvalue weighted by molar-refractivity contribution is 0.104. The minimum absolute atomic E-state index is 0.0873. The molecule has 2 N–H and O–H groups in total. The molecule has 0 saturated carbocycles. The van der Waals surface area contributed by atoms with Crippen molar-refractivity contribution in [1.29, 1.82) is 0 Å². The minimum Gasteiger partial charge on any atom is -0.290 e. The van der Waals surface area contributed by atoms with E-state index in [1.54, 1.807) is 6.07 Å². The Kier molecular flexibility index (Phi) is 4.08. The highest BCUT2D eigenvalue weighted by Gasteiger charge is 2.19. The predicted octanol–water partition coefficient (Wildman–Crippen LogP) is 3.41. The van der Waals surface area contributed by atoms with E-state index in [9.17, 15) is 17.6 Å². The maximum absolute atomic E-state index is 13.1. The Morgan fingerprint density at radius 2 is 1.72 bits per heavy atom. The van der Waals surface area contributed by atoms with Crippen molar-refractivity contribution in [1.82, 2.24) is 0 Å². The Balaban J connectivity index is 2.27. The summed E-state index contributed by atoms with van der Waals surface area (Å²) in [4.78, 5) is 16.1. The maximum Gasteiger partial charge on any atom is 0.238 e. The van der Waals surface area contributed by atoms with Crippen LogP contribution in [0.5, 0.6) is 0 Å². The number of hydrogen-bond acceptors (Lipinski definition) is 3. The summed E-state index contributed by atoms with van der Waals surface area (Å²) in [5.41, 5.74) is 0.500. The number of nitrogens with zero attached hydrogens (tertiary/aromatic N) is 1. The molecule has 5 nitrogen and oxygen atoms in total. The van der Waals surface area contributed by atoms with E-state index in [1.807, 2.05) is 0 Å². The molecule has 3 rings (SSSR count). The second-order valence-corrected chi connectivity index (χ2v) is 6.90. The fourth-order valence-corrected chi connectivity index (χ4v) is 3.10. The Bertz CT molecular complexity index is 1150. The van der Waals surface area contributed by atoms with Crippen molar-refractivity contribution in [2.24, 2.45) is 5.14 Å². The van der Waals surface area contributed by atoms with E-state index in [0.29, 0.717) is 10.8 Å². The summed E-state index contributed by atoms with van der Waals surface area (Å²) in [6.45, 7) is 7.29. The molecule has 7 heteroatoms. The number of hydrogen-bond donors (Lipinski definition) is 1. The van der Waals surface area contributed by atoms with Crippen molar-refractivity contribution in [3.63, 3.8) is 0 Å². The lowest BCUT2D eigenvalue weighted by atomic mass is 9.95. The van der Waals surface area contributed by atoms with Crippen LogP contribution in [0.25, 0.3) is 15.6 Å². The normalized spacial score (nSPS) is 11.2. The van der Waals surface area contributed by atoms with Gasteiger partial charge in [0.15, 0.2) is 11.5 Å². The molecule has 0 fully saturated rings. The van der Waals surface area contributed by atoms with Crippen LogP contribution < -0.4 is 5.14 Å². The number of fused-ring (bicyclic) bond motifs is 1. The zero-order valence-electron chi connectivity index (χ0n) is 12.7. The summed E-state index contributed by atoms with van der Waals surface area (Å²) in [5, 5.41) is 6.02. The topological polar surface area (TPSA) is 81.6 Å². The first kappa shape index (κ1) is 16.8. The molecule has 0 radical (unpaired) electrons. The highest BCUT2D eigenvalue weighted by atomic mass is 32.2.